The van der Waals surface area contributed by atoms with Gasteiger partial charge in [0.05, 0.1) is 5.92 Å². The van der Waals surface area contributed by atoms with Crippen LogP contribution in [0.25, 0.3) is 0 Å². The second-order valence-electron chi connectivity index (χ2n) is 9.61. The van der Waals surface area contributed by atoms with E-state index in [1.54, 1.807) is 6.08 Å². The van der Waals surface area contributed by atoms with Crippen LogP contribution in [0.1, 0.15) is 90.0 Å². The van der Waals surface area contributed by atoms with Crippen molar-refractivity contribution in [3.63, 3.8) is 0 Å². The number of allylic oxidation sites excluding steroid dienone is 1. The molecule has 0 unspecified atom stereocenters. The van der Waals surface area contributed by atoms with Crippen molar-refractivity contribution in [2.75, 3.05) is 0 Å². The van der Waals surface area contributed by atoms with Gasteiger partial charge in [0.25, 0.3) is 0 Å². The summed E-state index contributed by atoms with van der Waals surface area (Å²) in [5, 5.41) is 0. The standard InChI is InChI=1S/C28H40O4/c1-3-5-6-8-21-9-17-26(18-10-21)32-28(30)24-13-11-22(12-14-24)23-15-19-25(20-16-23)31-27(29)7-4-2/h4,7,9-10,17-18,22-25H,3,5-6,8,11-16,19-20H2,1-2H3. The zero-order chi connectivity index (χ0) is 22.8. The van der Waals surface area contributed by atoms with E-state index in [9.17, 15) is 9.59 Å². The minimum atomic E-state index is -0.221. The first-order valence-electron chi connectivity index (χ1n) is 12.7. The third kappa shape index (κ3) is 7.50. The Bertz CT molecular complexity index is 735. The smallest absolute Gasteiger partial charge is 0.330 e. The predicted octanol–water partition coefficient (Wildman–Crippen LogP) is 6.81. The zero-order valence-corrected chi connectivity index (χ0v) is 19.9. The first-order valence-corrected chi connectivity index (χ1v) is 12.7. The molecule has 3 rings (SSSR count). The number of rotatable bonds is 9. The molecule has 0 spiro atoms. The van der Waals surface area contributed by atoms with Gasteiger partial charge >= 0.3 is 11.9 Å². The molecule has 0 amide bonds. The van der Waals surface area contributed by atoms with Gasteiger partial charge in [-0.1, -0.05) is 38.0 Å². The molecule has 0 aromatic heterocycles. The van der Waals surface area contributed by atoms with Crippen molar-refractivity contribution < 1.29 is 19.1 Å². The van der Waals surface area contributed by atoms with Crippen molar-refractivity contribution >= 4 is 11.9 Å². The Morgan fingerprint density at radius 3 is 2.12 bits per heavy atom. The van der Waals surface area contributed by atoms with Gasteiger partial charge < -0.3 is 9.47 Å². The summed E-state index contributed by atoms with van der Waals surface area (Å²) in [7, 11) is 0. The number of hydrogen-bond donors (Lipinski definition) is 0. The highest BCUT2D eigenvalue weighted by Gasteiger charge is 2.34. The van der Waals surface area contributed by atoms with Crippen molar-refractivity contribution in [3.05, 3.63) is 42.0 Å². The molecular weight excluding hydrogens is 400 g/mol. The quantitative estimate of drug-likeness (QED) is 0.183. The SMILES string of the molecule is CC=CC(=O)OC1CCC(C2CCC(C(=O)Oc3ccc(CCCCC)cc3)CC2)CC1. The normalized spacial score (nSPS) is 26.1. The first-order chi connectivity index (χ1) is 15.6. The molecular formula is C28H40O4. The molecule has 4 nitrogen and oxygen atoms in total. The molecule has 2 aliphatic carbocycles. The summed E-state index contributed by atoms with van der Waals surface area (Å²) in [5.74, 6) is 1.79. The van der Waals surface area contributed by atoms with Crippen molar-refractivity contribution in [1.82, 2.24) is 0 Å². The Morgan fingerprint density at radius 2 is 1.53 bits per heavy atom. The summed E-state index contributed by atoms with van der Waals surface area (Å²) in [5.41, 5.74) is 1.31. The maximum atomic E-state index is 12.7. The van der Waals surface area contributed by atoms with E-state index in [0.717, 1.165) is 57.8 Å². The molecule has 1 aromatic carbocycles. The van der Waals surface area contributed by atoms with Crippen LogP contribution in [0.3, 0.4) is 0 Å². The van der Waals surface area contributed by atoms with Gasteiger partial charge in [-0.25, -0.2) is 4.79 Å². The van der Waals surface area contributed by atoms with Crippen LogP contribution in [0.2, 0.25) is 0 Å². The zero-order valence-electron chi connectivity index (χ0n) is 19.9. The van der Waals surface area contributed by atoms with E-state index in [-0.39, 0.29) is 24.0 Å². The molecule has 2 fully saturated rings. The summed E-state index contributed by atoms with van der Waals surface area (Å²) >= 11 is 0. The molecule has 1 aromatic rings. The van der Waals surface area contributed by atoms with Crippen molar-refractivity contribution in [3.8, 4) is 5.75 Å². The highest BCUT2D eigenvalue weighted by Crippen LogP contribution is 2.41. The minimum Gasteiger partial charge on any atom is -0.459 e. The molecule has 4 heteroatoms. The highest BCUT2D eigenvalue weighted by molar-refractivity contribution is 5.81. The van der Waals surface area contributed by atoms with Gasteiger partial charge in [-0.2, -0.15) is 0 Å². The fraction of sp³-hybridized carbons (Fsp3) is 0.643. The number of ether oxygens (including phenoxy) is 2. The lowest BCUT2D eigenvalue weighted by Gasteiger charge is -2.37. The summed E-state index contributed by atoms with van der Waals surface area (Å²) in [6.45, 7) is 4.04. The predicted molar refractivity (Wildman–Crippen MR) is 127 cm³/mol. The van der Waals surface area contributed by atoms with Gasteiger partial charge in [-0.05, 0) is 101 Å². The average molecular weight is 441 g/mol. The maximum Gasteiger partial charge on any atom is 0.330 e. The Morgan fingerprint density at radius 1 is 0.906 bits per heavy atom. The topological polar surface area (TPSA) is 52.6 Å². The number of esters is 2. The van der Waals surface area contributed by atoms with Crippen LogP contribution in [0, 0.1) is 17.8 Å². The van der Waals surface area contributed by atoms with E-state index in [1.807, 2.05) is 19.1 Å². The number of carbonyl (C=O) groups is 2. The molecule has 0 bridgehead atoms. The second kappa shape index (κ2) is 12.8. The number of unbranched alkanes of at least 4 members (excludes halogenated alkanes) is 2. The highest BCUT2D eigenvalue weighted by atomic mass is 16.5. The van der Waals surface area contributed by atoms with Crippen LogP contribution < -0.4 is 4.74 Å². The van der Waals surface area contributed by atoms with Crippen LogP contribution in [-0.4, -0.2) is 18.0 Å². The first kappa shape index (κ1) is 24.5. The molecule has 0 N–H and O–H groups in total. The minimum absolute atomic E-state index is 0.0219. The van der Waals surface area contributed by atoms with Crippen LogP contribution in [-0.2, 0) is 20.7 Å². The third-order valence-corrected chi connectivity index (χ3v) is 7.29. The molecule has 176 valence electrons. The van der Waals surface area contributed by atoms with E-state index in [0.29, 0.717) is 17.6 Å². The van der Waals surface area contributed by atoms with Crippen molar-refractivity contribution in [1.29, 1.82) is 0 Å². The van der Waals surface area contributed by atoms with E-state index in [2.05, 4.69) is 19.1 Å². The lowest BCUT2D eigenvalue weighted by molar-refractivity contribution is -0.145. The summed E-state index contributed by atoms with van der Waals surface area (Å²) in [6, 6.07) is 8.04. The van der Waals surface area contributed by atoms with E-state index in [1.165, 1.54) is 30.9 Å². The van der Waals surface area contributed by atoms with Gasteiger partial charge in [0.15, 0.2) is 0 Å². The van der Waals surface area contributed by atoms with Gasteiger partial charge in [-0.15, -0.1) is 0 Å². The summed E-state index contributed by atoms with van der Waals surface area (Å²) in [4.78, 5) is 24.3. The maximum absolute atomic E-state index is 12.7. The van der Waals surface area contributed by atoms with Gasteiger partial charge in [-0.3, -0.25) is 4.79 Å². The van der Waals surface area contributed by atoms with Crippen LogP contribution >= 0.6 is 0 Å². The Balaban J connectivity index is 1.37. The van der Waals surface area contributed by atoms with Gasteiger partial charge in [0.1, 0.15) is 11.9 Å². The van der Waals surface area contributed by atoms with E-state index >= 15 is 0 Å². The molecule has 0 heterocycles. The number of carbonyl (C=O) groups excluding carboxylic acids is 2. The van der Waals surface area contributed by atoms with Gasteiger partial charge in [0, 0.05) is 6.08 Å². The Kier molecular flexibility index (Phi) is 9.83. The van der Waals surface area contributed by atoms with E-state index < -0.39 is 0 Å². The molecule has 2 saturated carbocycles. The Labute approximate surface area is 193 Å². The largest absolute Gasteiger partial charge is 0.459 e. The van der Waals surface area contributed by atoms with Gasteiger partial charge in [0.2, 0.25) is 0 Å². The molecule has 0 aliphatic heterocycles. The lowest BCUT2D eigenvalue weighted by atomic mass is 9.70. The van der Waals surface area contributed by atoms with E-state index in [4.69, 9.17) is 9.47 Å². The monoisotopic (exact) mass is 440 g/mol. The number of hydrogen-bond acceptors (Lipinski definition) is 4. The summed E-state index contributed by atoms with van der Waals surface area (Å²) in [6.07, 6.45) is 16.3. The fourth-order valence-corrected chi connectivity index (χ4v) is 5.35. The molecule has 0 atom stereocenters. The Hall–Kier alpha value is -2.10. The number of aryl methyl sites for hydroxylation is 1. The molecule has 0 radical (unpaired) electrons. The summed E-state index contributed by atoms with van der Waals surface area (Å²) < 4.78 is 11.2. The van der Waals surface area contributed by atoms with Crippen molar-refractivity contribution in [2.45, 2.75) is 97.0 Å². The van der Waals surface area contributed by atoms with Crippen LogP contribution in [0.15, 0.2) is 36.4 Å². The second-order valence-corrected chi connectivity index (χ2v) is 9.61. The average Bonchev–Trinajstić information content (AvgIpc) is 2.81. The molecule has 2 aliphatic rings. The molecule has 32 heavy (non-hydrogen) atoms. The number of benzene rings is 1. The third-order valence-electron chi connectivity index (χ3n) is 7.29. The lowest BCUT2D eigenvalue weighted by Crippen LogP contribution is -2.31. The molecule has 0 saturated heterocycles. The van der Waals surface area contributed by atoms with Crippen LogP contribution in [0.5, 0.6) is 5.75 Å². The van der Waals surface area contributed by atoms with Crippen molar-refractivity contribution in [2.24, 2.45) is 17.8 Å². The van der Waals surface area contributed by atoms with Crippen LogP contribution in [0.4, 0.5) is 0 Å². The fourth-order valence-electron chi connectivity index (χ4n) is 5.35.